The Bertz CT molecular complexity index is 653. The normalized spacial score (nSPS) is 22.1. The van der Waals surface area contributed by atoms with Crippen molar-refractivity contribution in [1.82, 2.24) is 9.21 Å². The van der Waals surface area contributed by atoms with Gasteiger partial charge in [0.25, 0.3) is 0 Å². The molecule has 0 aliphatic carbocycles. The Balaban J connectivity index is 0.000000348. The van der Waals surface area contributed by atoms with Crippen molar-refractivity contribution in [3.05, 3.63) is 29.8 Å². The number of hydrogen-bond donors (Lipinski definition) is 4. The number of amidine groups is 1. The average Bonchev–Trinajstić information content (AvgIpc) is 2.82. The highest BCUT2D eigenvalue weighted by molar-refractivity contribution is 7.77. The summed E-state index contributed by atoms with van der Waals surface area (Å²) in [6, 6.07) is 9.77. The van der Waals surface area contributed by atoms with Gasteiger partial charge in [0.05, 0.1) is 5.84 Å². The fourth-order valence-electron chi connectivity index (χ4n) is 4.88. The average molecular weight is 436 g/mol. The van der Waals surface area contributed by atoms with E-state index in [-0.39, 0.29) is 0 Å². The van der Waals surface area contributed by atoms with Crippen molar-refractivity contribution in [3.63, 3.8) is 0 Å². The lowest BCUT2D eigenvalue weighted by molar-refractivity contribution is 0.0834. The minimum atomic E-state index is 0.433. The summed E-state index contributed by atoms with van der Waals surface area (Å²) in [6.45, 7) is 7.93. The Morgan fingerprint density at radius 1 is 1.17 bits per heavy atom. The molecule has 1 spiro atoms. The van der Waals surface area contributed by atoms with Crippen LogP contribution in [-0.4, -0.2) is 73.1 Å². The largest absolute Gasteiger partial charge is 0.400 e. The molecule has 7 heteroatoms. The van der Waals surface area contributed by atoms with Crippen molar-refractivity contribution in [1.29, 1.82) is 0 Å². The van der Waals surface area contributed by atoms with Crippen molar-refractivity contribution in [3.8, 4) is 0 Å². The maximum Gasteiger partial charge on any atom is 0.0930 e. The molecule has 30 heavy (non-hydrogen) atoms. The zero-order valence-corrected chi connectivity index (χ0v) is 19.9. The van der Waals surface area contributed by atoms with Gasteiger partial charge in [0, 0.05) is 57.4 Å². The first-order valence-electron chi connectivity index (χ1n) is 11.2. The van der Waals surface area contributed by atoms with Crippen LogP contribution < -0.4 is 11.1 Å². The number of piperidine rings is 2. The van der Waals surface area contributed by atoms with Crippen LogP contribution in [0.25, 0.3) is 0 Å². The fraction of sp³-hybridized carbons (Fsp3) is 0.696. The molecule has 3 heterocycles. The minimum absolute atomic E-state index is 0.433. The number of aliphatic hydroxyl groups excluding tert-OH is 1. The number of likely N-dealkylation sites (tertiary alicyclic amines) is 1. The summed E-state index contributed by atoms with van der Waals surface area (Å²) < 4.78 is 2.17. The molecular weight excluding hydrogens is 394 g/mol. The molecule has 6 nitrogen and oxygen atoms in total. The van der Waals surface area contributed by atoms with Crippen LogP contribution in [0.15, 0.2) is 29.3 Å². The summed E-state index contributed by atoms with van der Waals surface area (Å²) in [7, 11) is 2.69. The third-order valence-electron chi connectivity index (χ3n) is 6.78. The van der Waals surface area contributed by atoms with Crippen molar-refractivity contribution in [2.24, 2.45) is 10.7 Å². The highest BCUT2D eigenvalue weighted by Gasteiger charge is 2.40. The lowest BCUT2D eigenvalue weighted by atomic mass is 9.68. The molecule has 0 atom stereocenters. The summed E-state index contributed by atoms with van der Waals surface area (Å²) in [4.78, 5) is 6.46. The SMILES string of the molecule is CCC(N)=NC.CO.SN1CCC(N2CCC3(CCNc4ccccc43)CC2)CC1. The van der Waals surface area contributed by atoms with E-state index in [9.17, 15) is 0 Å². The molecule has 0 bridgehead atoms. The standard InChI is InChI=1S/C18H27N3S.C4H10N2.CH4O/c22-21-11-5-15(6-12-21)20-13-8-18(9-14-20)7-10-19-17-4-2-1-3-16(17)18;1-3-4(5)6-2;1-2/h1-4,15,19,22H,5-14H2;3H2,1-2H3,(H2,5,6);2H,1H3. The topological polar surface area (TPSA) is 77.1 Å². The Labute approximate surface area is 188 Å². The number of aliphatic hydroxyl groups is 1. The number of anilines is 1. The van der Waals surface area contributed by atoms with Gasteiger partial charge in [-0.05, 0) is 56.8 Å². The molecule has 1 aromatic carbocycles. The predicted octanol–water partition coefficient (Wildman–Crippen LogP) is 3.14. The number of para-hydroxylation sites is 1. The molecule has 170 valence electrons. The number of fused-ring (bicyclic) bond motifs is 2. The Morgan fingerprint density at radius 3 is 2.37 bits per heavy atom. The van der Waals surface area contributed by atoms with Crippen LogP contribution in [0.4, 0.5) is 5.69 Å². The Hall–Kier alpha value is -1.28. The number of rotatable bonds is 2. The van der Waals surface area contributed by atoms with Crippen LogP contribution in [-0.2, 0) is 5.41 Å². The molecule has 0 radical (unpaired) electrons. The molecule has 2 fully saturated rings. The molecule has 1 aromatic rings. The third kappa shape index (κ3) is 6.36. The van der Waals surface area contributed by atoms with Gasteiger partial charge in [-0.25, -0.2) is 0 Å². The molecule has 3 aliphatic heterocycles. The number of benzene rings is 1. The number of nitrogens with one attached hydrogen (secondary N) is 1. The molecule has 0 saturated carbocycles. The monoisotopic (exact) mass is 435 g/mol. The lowest BCUT2D eigenvalue weighted by Gasteiger charge is -2.48. The first-order valence-corrected chi connectivity index (χ1v) is 11.6. The molecule has 2 saturated heterocycles. The summed E-state index contributed by atoms with van der Waals surface area (Å²) in [5.41, 5.74) is 8.61. The van der Waals surface area contributed by atoms with E-state index in [2.05, 4.69) is 56.6 Å². The Kier molecular flexibility index (Phi) is 10.4. The van der Waals surface area contributed by atoms with Gasteiger partial charge >= 0.3 is 0 Å². The number of thiol groups is 1. The van der Waals surface area contributed by atoms with Crippen LogP contribution in [0, 0.1) is 0 Å². The second kappa shape index (κ2) is 12.5. The first kappa shape index (κ1) is 25.0. The van der Waals surface area contributed by atoms with Crippen LogP contribution in [0.1, 0.15) is 51.0 Å². The number of nitrogens with zero attached hydrogens (tertiary/aromatic N) is 3. The number of hydrogen-bond acceptors (Lipinski definition) is 6. The number of aliphatic imine (C=N–C) groups is 1. The first-order chi connectivity index (χ1) is 14.6. The summed E-state index contributed by atoms with van der Waals surface area (Å²) in [5.74, 6) is 0.718. The summed E-state index contributed by atoms with van der Waals surface area (Å²) in [6.07, 6.45) is 7.38. The highest BCUT2D eigenvalue weighted by Crippen LogP contribution is 2.45. The molecule has 4 N–H and O–H groups in total. The van der Waals surface area contributed by atoms with E-state index >= 15 is 0 Å². The van der Waals surface area contributed by atoms with Crippen LogP contribution in [0.2, 0.25) is 0 Å². The molecule has 0 unspecified atom stereocenters. The summed E-state index contributed by atoms with van der Waals surface area (Å²) >= 11 is 4.48. The maximum absolute atomic E-state index is 7.00. The minimum Gasteiger partial charge on any atom is -0.400 e. The van der Waals surface area contributed by atoms with E-state index in [4.69, 9.17) is 10.8 Å². The Morgan fingerprint density at radius 2 is 1.80 bits per heavy atom. The highest BCUT2D eigenvalue weighted by atomic mass is 32.1. The van der Waals surface area contributed by atoms with E-state index < -0.39 is 0 Å². The van der Waals surface area contributed by atoms with Crippen molar-refractivity contribution < 1.29 is 5.11 Å². The van der Waals surface area contributed by atoms with Gasteiger partial charge in [-0.2, -0.15) is 0 Å². The van der Waals surface area contributed by atoms with E-state index in [0.717, 1.165) is 45.0 Å². The second-order valence-electron chi connectivity index (χ2n) is 8.29. The van der Waals surface area contributed by atoms with Crippen molar-refractivity contribution >= 4 is 24.3 Å². The van der Waals surface area contributed by atoms with E-state index in [1.54, 1.807) is 12.6 Å². The van der Waals surface area contributed by atoms with Gasteiger partial charge in [0.1, 0.15) is 0 Å². The summed E-state index contributed by atoms with van der Waals surface area (Å²) in [5, 5.41) is 10.6. The number of nitrogens with two attached hydrogens (primary N) is 1. The van der Waals surface area contributed by atoms with Gasteiger partial charge in [-0.3, -0.25) is 9.30 Å². The van der Waals surface area contributed by atoms with Gasteiger partial charge in [0.2, 0.25) is 0 Å². The fourth-order valence-corrected chi connectivity index (χ4v) is 5.11. The lowest BCUT2D eigenvalue weighted by Crippen LogP contribution is -2.51. The molecule has 0 amide bonds. The molecule has 0 aromatic heterocycles. The zero-order chi connectivity index (χ0) is 22.0. The van der Waals surface area contributed by atoms with Gasteiger partial charge in [-0.15, -0.1) is 0 Å². The van der Waals surface area contributed by atoms with Gasteiger partial charge in [-0.1, -0.05) is 37.9 Å². The van der Waals surface area contributed by atoms with E-state index in [1.165, 1.54) is 50.9 Å². The van der Waals surface area contributed by atoms with E-state index in [0.29, 0.717) is 5.41 Å². The van der Waals surface area contributed by atoms with E-state index in [1.807, 2.05) is 6.92 Å². The van der Waals surface area contributed by atoms with Crippen LogP contribution in [0.3, 0.4) is 0 Å². The van der Waals surface area contributed by atoms with Crippen molar-refractivity contribution in [2.45, 2.75) is 56.9 Å². The van der Waals surface area contributed by atoms with Crippen LogP contribution >= 0.6 is 12.8 Å². The molecule has 3 aliphatic rings. The second-order valence-corrected chi connectivity index (χ2v) is 8.86. The third-order valence-corrected chi connectivity index (χ3v) is 7.18. The van der Waals surface area contributed by atoms with Crippen molar-refractivity contribution in [2.75, 3.05) is 52.2 Å². The van der Waals surface area contributed by atoms with Crippen LogP contribution in [0.5, 0.6) is 0 Å². The molecular formula is C23H41N5OS. The zero-order valence-electron chi connectivity index (χ0n) is 19.0. The smallest absolute Gasteiger partial charge is 0.0930 e. The van der Waals surface area contributed by atoms with Gasteiger partial charge in [0.15, 0.2) is 0 Å². The predicted molar refractivity (Wildman–Crippen MR) is 132 cm³/mol. The maximum atomic E-state index is 7.00. The quantitative estimate of drug-likeness (QED) is 0.326. The molecule has 4 rings (SSSR count). The van der Waals surface area contributed by atoms with Gasteiger partial charge < -0.3 is 21.1 Å².